The van der Waals surface area contributed by atoms with Gasteiger partial charge in [0.25, 0.3) is 6.43 Å². The molecule has 0 unspecified atom stereocenters. The Morgan fingerprint density at radius 2 is 1.70 bits per heavy atom. The van der Waals surface area contributed by atoms with Crippen LogP contribution in [-0.2, 0) is 22.6 Å². The number of carbonyl (C=O) groups excluding carboxylic acids is 2. The number of benzene rings is 1. The van der Waals surface area contributed by atoms with Gasteiger partial charge in [0, 0.05) is 18.8 Å². The molecule has 9 heteroatoms. The molecule has 1 heterocycles. The molecule has 0 fully saturated rings. The standard InChI is InChI=1S/C18H19F2N3O3.ClH/c19-16(20)11-22-17(24)15(10-13-4-2-1-3-5-13)23-18(25)26-12-14-6-8-21-9-7-14;/h1-9,15-16H,10-12H2,(H,22,24)(H,23,25);1H/t15-;/m0./s1. The summed E-state index contributed by atoms with van der Waals surface area (Å²) in [6.45, 7) is -0.775. The Balaban J connectivity index is 0.00000364. The smallest absolute Gasteiger partial charge is 0.408 e. The Morgan fingerprint density at radius 3 is 2.33 bits per heavy atom. The third-order valence-corrected chi connectivity index (χ3v) is 3.44. The highest BCUT2D eigenvalue weighted by atomic mass is 35.5. The first-order chi connectivity index (χ1) is 12.5. The number of aromatic nitrogens is 1. The van der Waals surface area contributed by atoms with Crippen LogP contribution in [0, 0.1) is 0 Å². The second kappa shape index (κ2) is 11.8. The van der Waals surface area contributed by atoms with Crippen LogP contribution in [0.15, 0.2) is 54.9 Å². The molecule has 1 atom stereocenters. The normalized spacial score (nSPS) is 11.2. The first-order valence-electron chi connectivity index (χ1n) is 7.96. The molecule has 2 rings (SSSR count). The third kappa shape index (κ3) is 8.46. The SMILES string of the molecule is Cl.O=C(N[C@@H](Cc1ccccc1)C(=O)NCC(F)F)OCc1ccncc1. The van der Waals surface area contributed by atoms with E-state index >= 15 is 0 Å². The second-order valence-electron chi connectivity index (χ2n) is 5.45. The van der Waals surface area contributed by atoms with Crippen molar-refractivity contribution in [2.24, 2.45) is 0 Å². The van der Waals surface area contributed by atoms with Gasteiger partial charge >= 0.3 is 6.09 Å². The van der Waals surface area contributed by atoms with E-state index < -0.39 is 31.0 Å². The number of hydrogen-bond donors (Lipinski definition) is 2. The molecule has 0 radical (unpaired) electrons. The average molecular weight is 400 g/mol. The number of alkyl carbamates (subject to hydrolysis) is 1. The maximum atomic E-state index is 12.3. The number of nitrogens with zero attached hydrogens (tertiary/aromatic N) is 1. The molecule has 1 aromatic carbocycles. The van der Waals surface area contributed by atoms with Crippen molar-refractivity contribution in [3.05, 3.63) is 66.0 Å². The maximum Gasteiger partial charge on any atom is 0.408 e. The predicted octanol–water partition coefficient (Wildman–Crippen LogP) is 2.72. The van der Waals surface area contributed by atoms with Crippen molar-refractivity contribution < 1.29 is 23.1 Å². The minimum atomic E-state index is -2.67. The Morgan fingerprint density at radius 1 is 1.04 bits per heavy atom. The molecular weight excluding hydrogens is 380 g/mol. The highest BCUT2D eigenvalue weighted by molar-refractivity contribution is 5.86. The maximum absolute atomic E-state index is 12.3. The van der Waals surface area contributed by atoms with E-state index in [-0.39, 0.29) is 25.4 Å². The van der Waals surface area contributed by atoms with Gasteiger partial charge in [-0.05, 0) is 23.3 Å². The van der Waals surface area contributed by atoms with Crippen molar-refractivity contribution in [2.75, 3.05) is 6.54 Å². The van der Waals surface area contributed by atoms with Crippen molar-refractivity contribution in [3.63, 3.8) is 0 Å². The summed E-state index contributed by atoms with van der Waals surface area (Å²) in [6.07, 6.45) is -0.204. The van der Waals surface area contributed by atoms with Gasteiger partial charge in [0.05, 0.1) is 6.54 Å². The summed E-state index contributed by atoms with van der Waals surface area (Å²) in [5.41, 5.74) is 1.51. The topological polar surface area (TPSA) is 80.3 Å². The summed E-state index contributed by atoms with van der Waals surface area (Å²) in [5, 5.41) is 4.54. The van der Waals surface area contributed by atoms with Crippen LogP contribution >= 0.6 is 12.4 Å². The molecular formula is C18H20ClF2N3O3. The van der Waals surface area contributed by atoms with E-state index in [1.54, 1.807) is 48.8 Å². The van der Waals surface area contributed by atoms with Gasteiger partial charge in [0.1, 0.15) is 12.6 Å². The van der Waals surface area contributed by atoms with E-state index in [2.05, 4.69) is 15.6 Å². The fourth-order valence-electron chi connectivity index (χ4n) is 2.17. The van der Waals surface area contributed by atoms with Gasteiger partial charge in [-0.15, -0.1) is 12.4 Å². The van der Waals surface area contributed by atoms with Crippen molar-refractivity contribution in [2.45, 2.75) is 25.5 Å². The van der Waals surface area contributed by atoms with Gasteiger partial charge in [-0.25, -0.2) is 13.6 Å². The Kier molecular flexibility index (Phi) is 9.74. The van der Waals surface area contributed by atoms with Crippen LogP contribution in [0.25, 0.3) is 0 Å². The summed E-state index contributed by atoms with van der Waals surface area (Å²) in [4.78, 5) is 28.0. The summed E-state index contributed by atoms with van der Waals surface area (Å²) in [5.74, 6) is -0.699. The monoisotopic (exact) mass is 399 g/mol. The van der Waals surface area contributed by atoms with Crippen LogP contribution in [0.3, 0.4) is 0 Å². The molecule has 0 saturated carbocycles. The van der Waals surface area contributed by atoms with Crippen LogP contribution in [0.5, 0.6) is 0 Å². The van der Waals surface area contributed by atoms with E-state index in [0.717, 1.165) is 11.1 Å². The minimum absolute atomic E-state index is 0. The highest BCUT2D eigenvalue weighted by Crippen LogP contribution is 2.05. The van der Waals surface area contributed by atoms with Crippen molar-refractivity contribution >= 4 is 24.4 Å². The van der Waals surface area contributed by atoms with Gasteiger partial charge in [0.15, 0.2) is 0 Å². The van der Waals surface area contributed by atoms with Crippen LogP contribution in [0.4, 0.5) is 13.6 Å². The van der Waals surface area contributed by atoms with Crippen molar-refractivity contribution in [1.29, 1.82) is 0 Å². The van der Waals surface area contributed by atoms with Crippen molar-refractivity contribution in [3.8, 4) is 0 Å². The van der Waals surface area contributed by atoms with E-state index in [9.17, 15) is 18.4 Å². The lowest BCUT2D eigenvalue weighted by Crippen LogP contribution is -2.49. The summed E-state index contributed by atoms with van der Waals surface area (Å²) >= 11 is 0. The van der Waals surface area contributed by atoms with Crippen LogP contribution < -0.4 is 10.6 Å². The molecule has 0 spiro atoms. The van der Waals surface area contributed by atoms with E-state index in [4.69, 9.17) is 4.74 Å². The zero-order chi connectivity index (χ0) is 18.8. The number of pyridine rings is 1. The quantitative estimate of drug-likeness (QED) is 0.715. The lowest BCUT2D eigenvalue weighted by atomic mass is 10.1. The number of alkyl halides is 2. The van der Waals surface area contributed by atoms with E-state index in [0.29, 0.717) is 0 Å². The van der Waals surface area contributed by atoms with Gasteiger partial charge in [-0.2, -0.15) is 0 Å². The molecule has 146 valence electrons. The summed E-state index contributed by atoms with van der Waals surface area (Å²) in [7, 11) is 0. The number of amides is 2. The van der Waals surface area contributed by atoms with Gasteiger partial charge in [-0.3, -0.25) is 9.78 Å². The fourth-order valence-corrected chi connectivity index (χ4v) is 2.17. The lowest BCUT2D eigenvalue weighted by Gasteiger charge is -2.18. The predicted molar refractivity (Wildman–Crippen MR) is 97.8 cm³/mol. The molecule has 0 aliphatic rings. The Hall–Kier alpha value is -2.74. The second-order valence-corrected chi connectivity index (χ2v) is 5.45. The van der Waals surface area contributed by atoms with Gasteiger partial charge in [-0.1, -0.05) is 30.3 Å². The Bertz CT molecular complexity index is 706. The average Bonchev–Trinajstić information content (AvgIpc) is 2.65. The number of halogens is 3. The molecule has 0 saturated heterocycles. The highest BCUT2D eigenvalue weighted by Gasteiger charge is 2.22. The largest absolute Gasteiger partial charge is 0.445 e. The summed E-state index contributed by atoms with van der Waals surface area (Å²) < 4.78 is 29.7. The fraction of sp³-hybridized carbons (Fsp3) is 0.278. The molecule has 2 aromatic rings. The molecule has 1 aromatic heterocycles. The van der Waals surface area contributed by atoms with Gasteiger partial charge < -0.3 is 15.4 Å². The Labute approximate surface area is 161 Å². The molecule has 0 bridgehead atoms. The minimum Gasteiger partial charge on any atom is -0.445 e. The van der Waals surface area contributed by atoms with Crippen molar-refractivity contribution in [1.82, 2.24) is 15.6 Å². The molecule has 2 amide bonds. The molecule has 27 heavy (non-hydrogen) atoms. The third-order valence-electron chi connectivity index (χ3n) is 3.44. The molecule has 0 aliphatic heterocycles. The number of ether oxygens (including phenoxy) is 1. The van der Waals surface area contributed by atoms with Crippen LogP contribution in [0.1, 0.15) is 11.1 Å². The number of hydrogen-bond acceptors (Lipinski definition) is 4. The van der Waals surface area contributed by atoms with E-state index in [1.165, 1.54) is 0 Å². The molecule has 2 N–H and O–H groups in total. The number of carbonyl (C=O) groups is 2. The molecule has 0 aliphatic carbocycles. The van der Waals surface area contributed by atoms with Crippen LogP contribution in [-0.4, -0.2) is 36.0 Å². The summed E-state index contributed by atoms with van der Waals surface area (Å²) in [6, 6.07) is 11.3. The zero-order valence-electron chi connectivity index (χ0n) is 14.3. The lowest BCUT2D eigenvalue weighted by molar-refractivity contribution is -0.123. The van der Waals surface area contributed by atoms with Gasteiger partial charge in [0.2, 0.25) is 5.91 Å². The first-order valence-corrected chi connectivity index (χ1v) is 7.96. The van der Waals surface area contributed by atoms with Crippen LogP contribution in [0.2, 0.25) is 0 Å². The molecule has 6 nitrogen and oxygen atoms in total. The zero-order valence-corrected chi connectivity index (χ0v) is 15.1. The number of rotatable bonds is 8. The number of nitrogens with one attached hydrogen (secondary N) is 2. The first kappa shape index (κ1) is 22.3. The van der Waals surface area contributed by atoms with E-state index in [1.807, 2.05) is 6.07 Å².